The highest BCUT2D eigenvalue weighted by Crippen LogP contribution is 2.50. The summed E-state index contributed by atoms with van der Waals surface area (Å²) in [5.41, 5.74) is 4.33. The van der Waals surface area contributed by atoms with Gasteiger partial charge in [-0.2, -0.15) is 5.10 Å². The van der Waals surface area contributed by atoms with Crippen molar-refractivity contribution < 1.29 is 24.6 Å². The first-order valence-electron chi connectivity index (χ1n) is 12.2. The molecular weight excluding hydrogens is 502 g/mol. The maximum absolute atomic E-state index is 13.7. The molecule has 9 heteroatoms. The first-order valence-corrected chi connectivity index (χ1v) is 13.0. The van der Waals surface area contributed by atoms with Crippen LogP contribution in [0.25, 0.3) is 5.69 Å². The topological polar surface area (TPSA) is 122 Å². The molecule has 0 fully saturated rings. The Hall–Kier alpha value is -4.50. The van der Waals surface area contributed by atoms with Crippen LogP contribution in [-0.4, -0.2) is 37.7 Å². The fourth-order valence-electron chi connectivity index (χ4n) is 5.57. The van der Waals surface area contributed by atoms with Crippen molar-refractivity contribution >= 4 is 34.9 Å². The lowest BCUT2D eigenvalue weighted by molar-refractivity contribution is -0.116. The minimum absolute atomic E-state index is 0.0354. The Bertz CT molecular complexity index is 1630. The van der Waals surface area contributed by atoms with Crippen LogP contribution in [0.2, 0.25) is 0 Å². The number of allylic oxidation sites excluding steroid dienone is 2. The van der Waals surface area contributed by atoms with E-state index < -0.39 is 17.9 Å². The molecule has 2 aliphatic rings. The zero-order chi connectivity index (χ0) is 26.6. The van der Waals surface area contributed by atoms with Gasteiger partial charge in [0.25, 0.3) is 0 Å². The highest BCUT2D eigenvalue weighted by molar-refractivity contribution is 7.10. The third-order valence-electron chi connectivity index (χ3n) is 7.26. The van der Waals surface area contributed by atoms with Crippen LogP contribution < -0.4 is 5.32 Å². The number of ketones is 1. The molecule has 8 nitrogen and oxygen atoms in total. The molecule has 0 spiro atoms. The molecule has 2 aromatic carbocycles. The number of nitrogens with zero attached hydrogens (tertiary/aromatic N) is 2. The van der Waals surface area contributed by atoms with Crippen molar-refractivity contribution in [2.75, 3.05) is 5.32 Å². The van der Waals surface area contributed by atoms with Gasteiger partial charge in [-0.1, -0.05) is 30.3 Å². The number of thiophene rings is 1. The van der Waals surface area contributed by atoms with E-state index in [4.69, 9.17) is 5.10 Å². The van der Waals surface area contributed by atoms with Crippen molar-refractivity contribution in [2.24, 2.45) is 0 Å². The average Bonchev–Trinajstić information content (AvgIpc) is 3.56. The third-order valence-corrected chi connectivity index (χ3v) is 8.30. The van der Waals surface area contributed by atoms with Crippen molar-refractivity contribution in [3.8, 4) is 5.69 Å². The number of aromatic carboxylic acids is 2. The van der Waals surface area contributed by atoms with E-state index in [1.54, 1.807) is 58.5 Å². The summed E-state index contributed by atoms with van der Waals surface area (Å²) >= 11 is 1.63. The van der Waals surface area contributed by atoms with Gasteiger partial charge in [0, 0.05) is 40.0 Å². The van der Waals surface area contributed by atoms with Gasteiger partial charge >= 0.3 is 11.9 Å². The lowest BCUT2D eigenvalue weighted by Crippen LogP contribution is -2.30. The van der Waals surface area contributed by atoms with Gasteiger partial charge in [-0.25, -0.2) is 14.3 Å². The highest BCUT2D eigenvalue weighted by Gasteiger charge is 2.41. The number of rotatable bonds is 5. The van der Waals surface area contributed by atoms with Gasteiger partial charge in [0.05, 0.1) is 22.5 Å². The molecule has 0 bridgehead atoms. The molecule has 0 radical (unpaired) electrons. The normalized spacial score (nSPS) is 18.5. The number of aryl methyl sites for hydroxylation is 1. The molecule has 0 saturated carbocycles. The van der Waals surface area contributed by atoms with Gasteiger partial charge in [-0.15, -0.1) is 11.3 Å². The summed E-state index contributed by atoms with van der Waals surface area (Å²) in [4.78, 5) is 38.4. The lowest BCUT2D eigenvalue weighted by atomic mass is 9.73. The summed E-state index contributed by atoms with van der Waals surface area (Å²) in [6, 6.07) is 17.3. The Morgan fingerprint density at radius 1 is 1.00 bits per heavy atom. The second-order valence-corrected chi connectivity index (χ2v) is 10.5. The maximum atomic E-state index is 13.7. The minimum Gasteiger partial charge on any atom is -0.478 e. The molecule has 0 amide bonds. The first-order chi connectivity index (χ1) is 18.3. The van der Waals surface area contributed by atoms with E-state index in [-0.39, 0.29) is 22.8 Å². The number of hydrogen-bond donors (Lipinski definition) is 3. The predicted molar refractivity (Wildman–Crippen MR) is 142 cm³/mol. The molecule has 4 aromatic rings. The molecule has 3 N–H and O–H groups in total. The third kappa shape index (κ3) is 3.83. The number of carbonyl (C=O) groups excluding carboxylic acids is 1. The zero-order valence-corrected chi connectivity index (χ0v) is 21.2. The number of para-hydroxylation sites is 1. The molecule has 3 heterocycles. The van der Waals surface area contributed by atoms with Crippen molar-refractivity contribution in [2.45, 2.75) is 31.6 Å². The van der Waals surface area contributed by atoms with Crippen LogP contribution in [0, 0.1) is 6.92 Å². The van der Waals surface area contributed by atoms with Crippen molar-refractivity contribution in [3.63, 3.8) is 0 Å². The molecule has 38 heavy (non-hydrogen) atoms. The van der Waals surface area contributed by atoms with Gasteiger partial charge < -0.3 is 15.5 Å². The van der Waals surface area contributed by atoms with Crippen LogP contribution >= 0.6 is 11.3 Å². The summed E-state index contributed by atoms with van der Waals surface area (Å²) in [5, 5.41) is 29.5. The molecule has 0 saturated heterocycles. The molecule has 2 aromatic heterocycles. The van der Waals surface area contributed by atoms with E-state index in [0.717, 1.165) is 21.7 Å². The monoisotopic (exact) mass is 525 g/mol. The first kappa shape index (κ1) is 23.9. The number of fused-ring (bicyclic) bond motifs is 1. The Labute approximate surface area is 221 Å². The maximum Gasteiger partial charge on any atom is 0.337 e. The number of carbonyl (C=O) groups is 3. The smallest absolute Gasteiger partial charge is 0.337 e. The van der Waals surface area contributed by atoms with E-state index >= 15 is 0 Å². The van der Waals surface area contributed by atoms with Crippen molar-refractivity contribution in [3.05, 3.63) is 110 Å². The molecular formula is C29H23N3O5S. The molecule has 1 aliphatic carbocycles. The summed E-state index contributed by atoms with van der Waals surface area (Å²) in [6.45, 7) is 1.84. The Kier molecular flexibility index (Phi) is 5.72. The van der Waals surface area contributed by atoms with Gasteiger partial charge in [-0.05, 0) is 54.6 Å². The largest absolute Gasteiger partial charge is 0.478 e. The second-order valence-electron chi connectivity index (χ2n) is 9.50. The van der Waals surface area contributed by atoms with Crippen molar-refractivity contribution in [1.29, 1.82) is 0 Å². The lowest BCUT2D eigenvalue weighted by Gasteiger charge is -2.35. The standard InChI is InChI=1S/C29H23N3O5S/c1-15-24-25(16-8-10-17(11-9-16)28(34)35)26-20(13-18(14-22(26)33)23-7-4-12-38-23)30-27(24)32(31-15)21-6-3-2-5-19(21)29(36)37/h2-12,18,25,30H,13-14H2,1H3,(H,34,35)(H,36,37)/t18-,25-/m0/s1. The number of hydrogen-bond acceptors (Lipinski definition) is 6. The summed E-state index contributed by atoms with van der Waals surface area (Å²) in [7, 11) is 0. The van der Waals surface area contributed by atoms with E-state index in [0.29, 0.717) is 35.6 Å². The fraction of sp³-hybridized carbons (Fsp3) is 0.172. The summed E-state index contributed by atoms with van der Waals surface area (Å²) < 4.78 is 1.61. The molecule has 190 valence electrons. The number of Topliss-reactive ketones (excluding diaryl/α,β-unsaturated/α-hetero) is 1. The van der Waals surface area contributed by atoms with Crippen LogP contribution in [0.1, 0.15) is 67.1 Å². The minimum atomic E-state index is -1.07. The summed E-state index contributed by atoms with van der Waals surface area (Å²) in [5.74, 6) is -1.87. The number of carboxylic acid groups (broad SMARTS) is 2. The van der Waals surface area contributed by atoms with Gasteiger partial charge in [0.1, 0.15) is 5.82 Å². The molecule has 6 rings (SSSR count). The zero-order valence-electron chi connectivity index (χ0n) is 20.3. The van der Waals surface area contributed by atoms with Crippen LogP contribution in [0.15, 0.2) is 77.3 Å². The molecule has 2 atom stereocenters. The van der Waals surface area contributed by atoms with Crippen LogP contribution in [0.3, 0.4) is 0 Å². The van der Waals surface area contributed by atoms with E-state index in [9.17, 15) is 24.6 Å². The van der Waals surface area contributed by atoms with E-state index in [2.05, 4.69) is 5.32 Å². The number of nitrogens with one attached hydrogen (secondary N) is 1. The van der Waals surface area contributed by atoms with Gasteiger partial charge in [0.2, 0.25) is 0 Å². The van der Waals surface area contributed by atoms with Crippen LogP contribution in [-0.2, 0) is 4.79 Å². The number of carboxylic acids is 2. The van der Waals surface area contributed by atoms with Gasteiger partial charge in [-0.3, -0.25) is 4.79 Å². The van der Waals surface area contributed by atoms with E-state index in [1.165, 1.54) is 6.07 Å². The molecule has 1 aliphatic heterocycles. The Balaban J connectivity index is 1.56. The van der Waals surface area contributed by atoms with Crippen molar-refractivity contribution in [1.82, 2.24) is 9.78 Å². The van der Waals surface area contributed by atoms with Crippen LogP contribution in [0.4, 0.5) is 5.82 Å². The highest BCUT2D eigenvalue weighted by atomic mass is 32.1. The Morgan fingerprint density at radius 2 is 1.76 bits per heavy atom. The molecule has 0 unspecified atom stereocenters. The number of aromatic nitrogens is 2. The number of benzene rings is 2. The average molecular weight is 526 g/mol. The van der Waals surface area contributed by atoms with Crippen LogP contribution in [0.5, 0.6) is 0 Å². The predicted octanol–water partition coefficient (Wildman–Crippen LogP) is 5.60. The fourth-order valence-corrected chi connectivity index (χ4v) is 6.40. The van der Waals surface area contributed by atoms with E-state index in [1.807, 2.05) is 24.4 Å². The van der Waals surface area contributed by atoms with Gasteiger partial charge in [0.15, 0.2) is 5.78 Å². The second kappa shape index (κ2) is 9.11. The SMILES string of the molecule is Cc1nn(-c2ccccc2C(=O)O)c2c1[C@H](c1ccc(C(=O)O)cc1)C1=C(C[C@H](c3cccs3)CC1=O)N2. The quantitative estimate of drug-likeness (QED) is 0.310. The Morgan fingerprint density at radius 3 is 2.45 bits per heavy atom. The number of anilines is 1. The summed E-state index contributed by atoms with van der Waals surface area (Å²) in [6.07, 6.45) is 1.00.